The van der Waals surface area contributed by atoms with Gasteiger partial charge in [0.25, 0.3) is 11.8 Å². The standard InChI is InChI=1S/C20H19N3O3S/c1-10-6-7-12-15(8-10)27-20(17(12)18(21)25)23-19(26)13-9-16(24)22-14-5-3-2-4-11(13)14/h2-5,9-10H,6-8H2,1H3,(H2,21,25)(H,22,24)(H,23,26). The third-order valence-corrected chi connectivity index (χ3v) is 6.15. The number of amides is 2. The van der Waals surface area contributed by atoms with Crippen LogP contribution in [-0.4, -0.2) is 16.8 Å². The van der Waals surface area contributed by atoms with Gasteiger partial charge in [0.1, 0.15) is 5.00 Å². The molecule has 6 nitrogen and oxygen atoms in total. The lowest BCUT2D eigenvalue weighted by molar-refractivity contribution is 0.1000. The van der Waals surface area contributed by atoms with Crippen molar-refractivity contribution in [2.75, 3.05) is 5.32 Å². The molecule has 2 aromatic heterocycles. The van der Waals surface area contributed by atoms with Crippen LogP contribution in [0.25, 0.3) is 10.9 Å². The first kappa shape index (κ1) is 17.5. The lowest BCUT2D eigenvalue weighted by Crippen LogP contribution is -2.20. The molecule has 0 fully saturated rings. The Morgan fingerprint density at radius 2 is 2.07 bits per heavy atom. The highest BCUT2D eigenvalue weighted by molar-refractivity contribution is 7.17. The number of hydrogen-bond acceptors (Lipinski definition) is 4. The first-order valence-electron chi connectivity index (χ1n) is 8.81. The lowest BCUT2D eigenvalue weighted by Gasteiger charge is -2.18. The minimum atomic E-state index is -0.534. The molecular weight excluding hydrogens is 362 g/mol. The largest absolute Gasteiger partial charge is 0.365 e. The molecule has 27 heavy (non-hydrogen) atoms. The number of H-pyrrole nitrogens is 1. The van der Waals surface area contributed by atoms with E-state index in [1.165, 1.54) is 17.4 Å². The third-order valence-electron chi connectivity index (χ3n) is 4.98. The second kappa shape index (κ2) is 6.66. The molecule has 1 aliphatic rings. The van der Waals surface area contributed by atoms with E-state index >= 15 is 0 Å². The van der Waals surface area contributed by atoms with Gasteiger partial charge in [-0.1, -0.05) is 25.1 Å². The first-order chi connectivity index (χ1) is 12.9. The molecule has 1 unspecified atom stereocenters. The second-order valence-electron chi connectivity index (χ2n) is 6.97. The summed E-state index contributed by atoms with van der Waals surface area (Å²) in [4.78, 5) is 40.7. The summed E-state index contributed by atoms with van der Waals surface area (Å²) in [5.74, 6) is -0.420. The van der Waals surface area contributed by atoms with Crippen molar-refractivity contribution in [3.8, 4) is 0 Å². The molecule has 7 heteroatoms. The van der Waals surface area contributed by atoms with E-state index in [-0.39, 0.29) is 11.1 Å². The lowest BCUT2D eigenvalue weighted by atomic mass is 9.88. The molecule has 1 atom stereocenters. The Labute approximate surface area is 159 Å². The van der Waals surface area contributed by atoms with Gasteiger partial charge in [-0.15, -0.1) is 11.3 Å². The second-order valence-corrected chi connectivity index (χ2v) is 8.07. The van der Waals surface area contributed by atoms with Crippen molar-refractivity contribution in [3.05, 3.63) is 62.3 Å². The first-order valence-corrected chi connectivity index (χ1v) is 9.63. The summed E-state index contributed by atoms with van der Waals surface area (Å²) in [6.07, 6.45) is 2.66. The van der Waals surface area contributed by atoms with E-state index in [2.05, 4.69) is 17.2 Å². The van der Waals surface area contributed by atoms with Crippen molar-refractivity contribution < 1.29 is 9.59 Å². The van der Waals surface area contributed by atoms with Gasteiger partial charge in [-0.25, -0.2) is 0 Å². The summed E-state index contributed by atoms with van der Waals surface area (Å²) in [5.41, 5.74) is 7.47. The predicted molar refractivity (Wildman–Crippen MR) is 107 cm³/mol. The molecule has 0 aliphatic heterocycles. The van der Waals surface area contributed by atoms with Gasteiger partial charge in [-0.05, 0) is 36.8 Å². The van der Waals surface area contributed by atoms with Crippen LogP contribution in [0.3, 0.4) is 0 Å². The van der Waals surface area contributed by atoms with Crippen molar-refractivity contribution in [2.45, 2.75) is 26.2 Å². The fraction of sp³-hybridized carbons (Fsp3) is 0.250. The molecule has 4 rings (SSSR count). The SMILES string of the molecule is CC1CCc2c(sc(NC(=O)c3cc(=O)[nH]c4ccccc34)c2C(N)=O)C1. The minimum absolute atomic E-state index is 0.268. The maximum absolute atomic E-state index is 12.9. The van der Waals surface area contributed by atoms with Crippen molar-refractivity contribution in [1.29, 1.82) is 0 Å². The highest BCUT2D eigenvalue weighted by Gasteiger charge is 2.27. The van der Waals surface area contributed by atoms with Gasteiger partial charge in [0.15, 0.2) is 0 Å². The minimum Gasteiger partial charge on any atom is -0.365 e. The molecule has 4 N–H and O–H groups in total. The molecule has 138 valence electrons. The molecule has 1 aromatic carbocycles. The number of anilines is 1. The van der Waals surface area contributed by atoms with Gasteiger partial charge in [0, 0.05) is 21.8 Å². The monoisotopic (exact) mass is 381 g/mol. The van der Waals surface area contributed by atoms with Gasteiger partial charge in [0.05, 0.1) is 11.1 Å². The highest BCUT2D eigenvalue weighted by Crippen LogP contribution is 2.39. The number of carbonyl (C=O) groups excluding carboxylic acids is 2. The van der Waals surface area contributed by atoms with E-state index in [1.54, 1.807) is 24.3 Å². The number of hydrogen-bond donors (Lipinski definition) is 3. The number of fused-ring (bicyclic) bond motifs is 2. The molecule has 0 bridgehead atoms. The normalized spacial score (nSPS) is 16.1. The maximum atomic E-state index is 12.9. The quantitative estimate of drug-likeness (QED) is 0.649. The Balaban J connectivity index is 1.76. The van der Waals surface area contributed by atoms with Gasteiger partial charge < -0.3 is 16.0 Å². The number of aromatic amines is 1. The topological polar surface area (TPSA) is 105 Å². The summed E-state index contributed by atoms with van der Waals surface area (Å²) >= 11 is 1.41. The Hall–Kier alpha value is -2.93. The van der Waals surface area contributed by atoms with Crippen LogP contribution in [-0.2, 0) is 12.8 Å². The number of aromatic nitrogens is 1. The van der Waals surface area contributed by atoms with Crippen LogP contribution < -0.4 is 16.6 Å². The molecule has 0 radical (unpaired) electrons. The maximum Gasteiger partial charge on any atom is 0.257 e. The zero-order chi connectivity index (χ0) is 19.1. The molecule has 3 aromatic rings. The predicted octanol–water partition coefficient (Wildman–Crippen LogP) is 3.07. The number of nitrogens with two attached hydrogens (primary N) is 1. The Bertz CT molecular complexity index is 1130. The Kier molecular flexibility index (Phi) is 4.31. The molecule has 2 amide bonds. The van der Waals surface area contributed by atoms with E-state index in [4.69, 9.17) is 5.73 Å². The number of primary amides is 1. The summed E-state index contributed by atoms with van der Waals surface area (Å²) < 4.78 is 0. The van der Waals surface area contributed by atoms with Gasteiger partial charge >= 0.3 is 0 Å². The zero-order valence-corrected chi connectivity index (χ0v) is 15.6. The van der Waals surface area contributed by atoms with Gasteiger partial charge in [0.2, 0.25) is 5.56 Å². The van der Waals surface area contributed by atoms with Crippen LogP contribution in [0, 0.1) is 5.92 Å². The number of pyridine rings is 1. The fourth-order valence-electron chi connectivity index (χ4n) is 3.66. The van der Waals surface area contributed by atoms with Crippen LogP contribution >= 0.6 is 11.3 Å². The van der Waals surface area contributed by atoms with E-state index in [1.807, 2.05) is 0 Å². The molecule has 0 saturated heterocycles. The number of para-hydroxylation sites is 1. The fourth-order valence-corrected chi connectivity index (χ4v) is 5.07. The number of nitrogens with one attached hydrogen (secondary N) is 2. The van der Waals surface area contributed by atoms with E-state index in [0.717, 1.165) is 29.7 Å². The number of carbonyl (C=O) groups is 2. The summed E-state index contributed by atoms with van der Waals surface area (Å²) in [6, 6.07) is 8.39. The smallest absolute Gasteiger partial charge is 0.257 e. The van der Waals surface area contributed by atoms with Crippen LogP contribution in [0.4, 0.5) is 5.00 Å². The third kappa shape index (κ3) is 3.14. The summed E-state index contributed by atoms with van der Waals surface area (Å²) in [7, 11) is 0. The number of thiophene rings is 1. The average Bonchev–Trinajstić information content (AvgIpc) is 2.97. The van der Waals surface area contributed by atoms with Gasteiger partial charge in [-0.3, -0.25) is 14.4 Å². The van der Waals surface area contributed by atoms with E-state index in [9.17, 15) is 14.4 Å². The molecule has 2 heterocycles. The average molecular weight is 381 g/mol. The van der Waals surface area contributed by atoms with Crippen molar-refractivity contribution >= 4 is 39.1 Å². The number of rotatable bonds is 3. The summed E-state index contributed by atoms with van der Waals surface area (Å²) in [5, 5.41) is 3.94. The van der Waals surface area contributed by atoms with Gasteiger partial charge in [-0.2, -0.15) is 0 Å². The summed E-state index contributed by atoms with van der Waals surface area (Å²) in [6.45, 7) is 2.17. The molecular formula is C20H19N3O3S. The highest BCUT2D eigenvalue weighted by atomic mass is 32.1. The molecule has 0 saturated carbocycles. The Morgan fingerprint density at radius 3 is 2.85 bits per heavy atom. The molecule has 0 spiro atoms. The van der Waals surface area contributed by atoms with Crippen molar-refractivity contribution in [3.63, 3.8) is 0 Å². The zero-order valence-electron chi connectivity index (χ0n) is 14.8. The van der Waals surface area contributed by atoms with Crippen LogP contribution in [0.1, 0.15) is 44.5 Å². The van der Waals surface area contributed by atoms with E-state index < -0.39 is 11.8 Å². The van der Waals surface area contributed by atoms with E-state index in [0.29, 0.717) is 27.4 Å². The van der Waals surface area contributed by atoms with Crippen LogP contribution in [0.5, 0.6) is 0 Å². The number of benzene rings is 1. The van der Waals surface area contributed by atoms with Crippen molar-refractivity contribution in [1.82, 2.24) is 4.98 Å². The Morgan fingerprint density at radius 1 is 1.30 bits per heavy atom. The van der Waals surface area contributed by atoms with Crippen LogP contribution in [0.2, 0.25) is 0 Å². The van der Waals surface area contributed by atoms with Crippen LogP contribution in [0.15, 0.2) is 35.1 Å². The molecule has 1 aliphatic carbocycles. The van der Waals surface area contributed by atoms with Crippen molar-refractivity contribution in [2.24, 2.45) is 11.7 Å².